The van der Waals surface area contributed by atoms with Gasteiger partial charge in [0.1, 0.15) is 5.75 Å². The molecule has 0 aliphatic heterocycles. The molecule has 1 N–H and O–H groups in total. The second-order valence-electron chi connectivity index (χ2n) is 4.64. The van der Waals surface area contributed by atoms with Gasteiger partial charge in [-0.25, -0.2) is 0 Å². The lowest BCUT2D eigenvalue weighted by Gasteiger charge is -2.11. The van der Waals surface area contributed by atoms with Crippen LogP contribution < -0.4 is 10.1 Å². The van der Waals surface area contributed by atoms with Crippen LogP contribution in [0.25, 0.3) is 0 Å². The van der Waals surface area contributed by atoms with Crippen molar-refractivity contribution in [2.45, 2.75) is 20.4 Å². The van der Waals surface area contributed by atoms with E-state index in [1.807, 2.05) is 25.1 Å². The quantitative estimate of drug-likeness (QED) is 0.882. The van der Waals surface area contributed by atoms with E-state index in [-0.39, 0.29) is 0 Å². The van der Waals surface area contributed by atoms with E-state index in [4.69, 9.17) is 16.3 Å². The summed E-state index contributed by atoms with van der Waals surface area (Å²) in [5.74, 6) is 0.914. The zero-order chi connectivity index (χ0) is 13.8. The van der Waals surface area contributed by atoms with Crippen molar-refractivity contribution in [3.8, 4) is 5.75 Å². The maximum atomic E-state index is 6.16. The smallest absolute Gasteiger partial charge is 0.121 e. The summed E-state index contributed by atoms with van der Waals surface area (Å²) in [4.78, 5) is 0. The Morgan fingerprint density at radius 3 is 2.58 bits per heavy atom. The largest absolute Gasteiger partial charge is 0.496 e. The Labute approximate surface area is 119 Å². The van der Waals surface area contributed by atoms with E-state index in [2.05, 4.69) is 30.4 Å². The van der Waals surface area contributed by atoms with Crippen molar-refractivity contribution in [3.63, 3.8) is 0 Å². The second kappa shape index (κ2) is 5.98. The molecular formula is C16H18ClNO. The first kappa shape index (κ1) is 13.8. The average molecular weight is 276 g/mol. The lowest BCUT2D eigenvalue weighted by Crippen LogP contribution is -2.01. The Morgan fingerprint density at radius 1 is 1.11 bits per heavy atom. The fraction of sp³-hybridized carbons (Fsp3) is 0.250. The van der Waals surface area contributed by atoms with Gasteiger partial charge >= 0.3 is 0 Å². The number of methoxy groups -OCH3 is 1. The topological polar surface area (TPSA) is 21.3 Å². The molecule has 0 amide bonds. The van der Waals surface area contributed by atoms with Crippen LogP contribution in [0.5, 0.6) is 5.75 Å². The number of aryl methyl sites for hydroxylation is 2. The highest BCUT2D eigenvalue weighted by molar-refractivity contribution is 6.33. The number of hydrogen-bond donors (Lipinski definition) is 1. The molecule has 0 fully saturated rings. The molecule has 0 heterocycles. The predicted molar refractivity (Wildman–Crippen MR) is 81.2 cm³/mol. The van der Waals surface area contributed by atoms with E-state index in [1.54, 1.807) is 7.11 Å². The Hall–Kier alpha value is -1.67. The molecular weight excluding hydrogens is 258 g/mol. The molecule has 0 radical (unpaired) electrons. The summed E-state index contributed by atoms with van der Waals surface area (Å²) < 4.78 is 5.26. The van der Waals surface area contributed by atoms with Gasteiger partial charge < -0.3 is 10.1 Å². The van der Waals surface area contributed by atoms with Crippen LogP contribution in [0.2, 0.25) is 5.02 Å². The number of nitrogens with one attached hydrogen (secondary N) is 1. The first-order valence-electron chi connectivity index (χ1n) is 6.23. The van der Waals surface area contributed by atoms with Crippen molar-refractivity contribution in [1.82, 2.24) is 0 Å². The molecule has 2 aromatic carbocycles. The molecule has 100 valence electrons. The third-order valence-corrected chi connectivity index (χ3v) is 3.39. The summed E-state index contributed by atoms with van der Waals surface area (Å²) >= 11 is 6.16. The molecule has 0 aliphatic rings. The summed E-state index contributed by atoms with van der Waals surface area (Å²) in [6.07, 6.45) is 0. The lowest BCUT2D eigenvalue weighted by molar-refractivity contribution is 0.411. The van der Waals surface area contributed by atoms with Crippen molar-refractivity contribution < 1.29 is 4.74 Å². The predicted octanol–water partition coefficient (Wildman–Crippen LogP) is 4.58. The standard InChI is InChI=1S/C16H18ClNO/c1-11-4-6-14(17)15(8-11)18-10-13-5-7-16(19-3)12(2)9-13/h4-9,18H,10H2,1-3H3. The molecule has 0 bridgehead atoms. The van der Waals surface area contributed by atoms with Crippen molar-refractivity contribution in [2.75, 3.05) is 12.4 Å². The number of rotatable bonds is 4. The van der Waals surface area contributed by atoms with Crippen LogP contribution in [0.1, 0.15) is 16.7 Å². The van der Waals surface area contributed by atoms with E-state index in [1.165, 1.54) is 11.1 Å². The Kier molecular flexibility index (Phi) is 4.33. The van der Waals surface area contributed by atoms with Gasteiger partial charge in [-0.2, -0.15) is 0 Å². The van der Waals surface area contributed by atoms with Crippen LogP contribution in [-0.2, 0) is 6.54 Å². The number of ether oxygens (including phenoxy) is 1. The Bertz CT molecular complexity index is 581. The molecule has 0 saturated heterocycles. The van der Waals surface area contributed by atoms with Crippen LogP contribution in [0.15, 0.2) is 36.4 Å². The van der Waals surface area contributed by atoms with Crippen LogP contribution in [0.4, 0.5) is 5.69 Å². The zero-order valence-electron chi connectivity index (χ0n) is 11.5. The van der Waals surface area contributed by atoms with Crippen molar-refractivity contribution in [3.05, 3.63) is 58.1 Å². The highest BCUT2D eigenvalue weighted by atomic mass is 35.5. The number of anilines is 1. The molecule has 3 heteroatoms. The summed E-state index contributed by atoms with van der Waals surface area (Å²) in [6.45, 7) is 4.84. The molecule has 2 aromatic rings. The minimum absolute atomic E-state index is 0.744. The summed E-state index contributed by atoms with van der Waals surface area (Å²) in [5, 5.41) is 4.11. The minimum Gasteiger partial charge on any atom is -0.496 e. The molecule has 0 atom stereocenters. The minimum atomic E-state index is 0.744. The molecule has 19 heavy (non-hydrogen) atoms. The molecule has 0 saturated carbocycles. The van der Waals surface area contributed by atoms with Crippen molar-refractivity contribution >= 4 is 17.3 Å². The zero-order valence-corrected chi connectivity index (χ0v) is 12.2. The maximum Gasteiger partial charge on any atom is 0.121 e. The van der Waals surface area contributed by atoms with Gasteiger partial charge in [0.15, 0.2) is 0 Å². The van der Waals surface area contributed by atoms with Gasteiger partial charge in [-0.3, -0.25) is 0 Å². The van der Waals surface area contributed by atoms with Gasteiger partial charge in [-0.05, 0) is 48.7 Å². The molecule has 2 rings (SSSR count). The third-order valence-electron chi connectivity index (χ3n) is 3.06. The SMILES string of the molecule is COc1ccc(CNc2cc(C)ccc2Cl)cc1C. The highest BCUT2D eigenvalue weighted by Gasteiger charge is 2.02. The lowest BCUT2D eigenvalue weighted by atomic mass is 10.1. The molecule has 0 aromatic heterocycles. The average Bonchev–Trinajstić information content (AvgIpc) is 2.40. The first-order valence-corrected chi connectivity index (χ1v) is 6.61. The third kappa shape index (κ3) is 3.42. The Balaban J connectivity index is 2.10. The van der Waals surface area contributed by atoms with E-state index >= 15 is 0 Å². The van der Waals surface area contributed by atoms with E-state index in [0.29, 0.717) is 0 Å². The molecule has 0 spiro atoms. The van der Waals surface area contributed by atoms with Crippen molar-refractivity contribution in [2.24, 2.45) is 0 Å². The van der Waals surface area contributed by atoms with Gasteiger partial charge in [-0.15, -0.1) is 0 Å². The van der Waals surface area contributed by atoms with Gasteiger partial charge in [0.05, 0.1) is 17.8 Å². The summed E-state index contributed by atoms with van der Waals surface area (Å²) in [6, 6.07) is 12.1. The van der Waals surface area contributed by atoms with Crippen molar-refractivity contribution in [1.29, 1.82) is 0 Å². The monoisotopic (exact) mass is 275 g/mol. The Morgan fingerprint density at radius 2 is 1.89 bits per heavy atom. The highest BCUT2D eigenvalue weighted by Crippen LogP contribution is 2.24. The molecule has 0 aliphatic carbocycles. The normalized spacial score (nSPS) is 10.3. The van der Waals surface area contributed by atoms with Gasteiger partial charge in [0.25, 0.3) is 0 Å². The summed E-state index contributed by atoms with van der Waals surface area (Å²) in [5.41, 5.74) is 4.50. The van der Waals surface area contributed by atoms with E-state index < -0.39 is 0 Å². The van der Waals surface area contributed by atoms with Gasteiger partial charge in [0, 0.05) is 6.54 Å². The molecule has 2 nitrogen and oxygen atoms in total. The molecule has 0 unspecified atom stereocenters. The second-order valence-corrected chi connectivity index (χ2v) is 5.05. The fourth-order valence-corrected chi connectivity index (χ4v) is 2.21. The number of halogens is 1. The summed E-state index contributed by atoms with van der Waals surface area (Å²) in [7, 11) is 1.69. The number of hydrogen-bond acceptors (Lipinski definition) is 2. The van der Waals surface area contributed by atoms with E-state index in [9.17, 15) is 0 Å². The van der Waals surface area contributed by atoms with Crippen LogP contribution in [0.3, 0.4) is 0 Å². The van der Waals surface area contributed by atoms with Crippen LogP contribution in [0, 0.1) is 13.8 Å². The van der Waals surface area contributed by atoms with E-state index in [0.717, 1.165) is 28.6 Å². The van der Waals surface area contributed by atoms with Gasteiger partial charge in [0.2, 0.25) is 0 Å². The maximum absolute atomic E-state index is 6.16. The fourth-order valence-electron chi connectivity index (χ4n) is 2.02. The first-order chi connectivity index (χ1) is 9.10. The number of benzene rings is 2. The van der Waals surface area contributed by atoms with Crippen LogP contribution in [-0.4, -0.2) is 7.11 Å². The van der Waals surface area contributed by atoms with Gasteiger partial charge in [-0.1, -0.05) is 29.8 Å². The van der Waals surface area contributed by atoms with Crippen LogP contribution >= 0.6 is 11.6 Å².